The highest BCUT2D eigenvalue weighted by molar-refractivity contribution is 5.88. The van der Waals surface area contributed by atoms with Gasteiger partial charge in [0, 0.05) is 68.0 Å². The molecule has 3 aromatic rings. The lowest BCUT2D eigenvalue weighted by atomic mass is 9.86. The van der Waals surface area contributed by atoms with Gasteiger partial charge in [0.25, 0.3) is 0 Å². The zero-order chi connectivity index (χ0) is 44.5. The second-order valence-electron chi connectivity index (χ2n) is 15.2. The maximum atomic E-state index is 12.7. The number of aromatic nitrogens is 4. The van der Waals surface area contributed by atoms with E-state index in [1.165, 1.54) is 28.4 Å². The predicted octanol–water partition coefficient (Wildman–Crippen LogP) is 8.42. The molecule has 314 valence electrons. The Morgan fingerprint density at radius 2 is 0.656 bits per heavy atom. The van der Waals surface area contributed by atoms with Crippen molar-refractivity contribution in [3.05, 3.63) is 188 Å². The van der Waals surface area contributed by atoms with Crippen LogP contribution >= 0.6 is 0 Å². The third kappa shape index (κ3) is 7.17. The zero-order valence-electron chi connectivity index (χ0n) is 35.0. The van der Waals surface area contributed by atoms with Gasteiger partial charge in [-0.3, -0.25) is 0 Å². The fourth-order valence-electron chi connectivity index (χ4n) is 8.83. The average molecular weight is 847 g/mol. The van der Waals surface area contributed by atoms with Crippen molar-refractivity contribution in [3.63, 3.8) is 0 Å². The van der Waals surface area contributed by atoms with Crippen LogP contribution in [0.15, 0.2) is 143 Å². The maximum Gasteiger partial charge on any atom is 0.129 e. The highest BCUT2D eigenvalue weighted by Gasteiger charge is 2.31. The van der Waals surface area contributed by atoms with Crippen LogP contribution in [0.4, 0.5) is 0 Å². The van der Waals surface area contributed by atoms with Gasteiger partial charge in [-0.25, -0.2) is 29.1 Å². The molecule has 3 aromatic heterocycles. The third-order valence-corrected chi connectivity index (χ3v) is 11.9. The van der Waals surface area contributed by atoms with Crippen molar-refractivity contribution in [1.29, 1.82) is 0 Å². The lowest BCUT2D eigenvalue weighted by Gasteiger charge is -2.20. The number of aromatic amines is 2. The average Bonchev–Trinajstić information content (AvgIpc) is 4.20. The second-order valence-corrected chi connectivity index (χ2v) is 15.2. The Morgan fingerprint density at radius 1 is 0.391 bits per heavy atom. The first-order valence-corrected chi connectivity index (χ1v) is 20.2. The van der Waals surface area contributed by atoms with Gasteiger partial charge >= 0.3 is 0 Å². The van der Waals surface area contributed by atoms with Gasteiger partial charge in [-0.15, -0.1) is 0 Å². The highest BCUT2D eigenvalue weighted by atomic mass is 16.5. The quantitative estimate of drug-likeness (QED) is 0.145. The molecule has 4 atom stereocenters. The molecule has 0 radical (unpaired) electrons. The van der Waals surface area contributed by atoms with Crippen molar-refractivity contribution < 1.29 is 38.1 Å². The van der Waals surface area contributed by atoms with Gasteiger partial charge in [0.1, 0.15) is 46.8 Å². The highest BCUT2D eigenvalue weighted by Crippen LogP contribution is 2.43. The second kappa shape index (κ2) is 17.1. The topological polar surface area (TPSA) is 163 Å². The Labute approximate surface area is 366 Å². The van der Waals surface area contributed by atoms with Gasteiger partial charge in [0.15, 0.2) is 0 Å². The summed E-state index contributed by atoms with van der Waals surface area (Å²) in [6.07, 6.45) is 28.7. The molecule has 12 nitrogen and oxygen atoms in total. The standard InChI is InChI=1S/C52H38N4O8/c1-61-33-5-9-37(29(21-33)25-57)49-41-13-15-43(53-41)50(38-10-6-34(62-2)22-30(38)26-58)45-17-19-47(55-45)52(40-12-8-36(64-4)24-32(40)28-60)48-20-18-46(56-48)51(44-16-14-42(49)54-44)39-11-7-35(63-3)23-31(39)27-59/h5-24,37-40,53-54H,1-4H3. The minimum atomic E-state index is -0.644. The molecule has 12 heteroatoms. The Hall–Kier alpha value is -8.48. The normalized spacial score (nSPS) is 20.7. The molecule has 4 aliphatic carbocycles. The molecule has 0 saturated heterocycles. The number of fused-ring (bicyclic) bond motifs is 8. The fourth-order valence-corrected chi connectivity index (χ4v) is 8.83. The maximum absolute atomic E-state index is 12.7. The van der Waals surface area contributed by atoms with Gasteiger partial charge in [-0.2, -0.15) is 0 Å². The van der Waals surface area contributed by atoms with E-state index < -0.39 is 23.7 Å². The van der Waals surface area contributed by atoms with E-state index in [9.17, 15) is 19.2 Å². The first kappa shape index (κ1) is 40.9. The Morgan fingerprint density at radius 3 is 0.953 bits per heavy atom. The summed E-state index contributed by atoms with van der Waals surface area (Å²) in [6, 6.07) is 7.66. The van der Waals surface area contributed by atoms with Crippen LogP contribution < -0.4 is 0 Å². The summed E-state index contributed by atoms with van der Waals surface area (Å²) in [5.41, 5.74) is 8.56. The molecule has 9 rings (SSSR count). The van der Waals surface area contributed by atoms with E-state index >= 15 is 0 Å². The van der Waals surface area contributed by atoms with E-state index in [1.807, 2.05) is 72.9 Å². The molecular formula is C52H38N4O8. The molecule has 0 fully saturated rings. The molecule has 0 aromatic carbocycles. The molecule has 2 N–H and O–H groups in total. The van der Waals surface area contributed by atoms with E-state index in [2.05, 4.69) is 33.7 Å². The molecule has 0 spiro atoms. The van der Waals surface area contributed by atoms with E-state index in [0.717, 1.165) is 0 Å². The smallest absolute Gasteiger partial charge is 0.129 e. The van der Waals surface area contributed by atoms with Gasteiger partial charge in [0.2, 0.25) is 0 Å². The van der Waals surface area contributed by atoms with E-state index in [1.54, 1.807) is 48.6 Å². The predicted molar refractivity (Wildman–Crippen MR) is 244 cm³/mol. The number of carbonyl (C=O) groups excluding carboxylic acids is 4. The number of nitrogens with one attached hydrogen (secondary N) is 2. The van der Waals surface area contributed by atoms with Gasteiger partial charge in [0.05, 0.1) is 73.5 Å². The van der Waals surface area contributed by atoms with Crippen molar-refractivity contribution in [2.45, 2.75) is 23.7 Å². The first-order chi connectivity index (χ1) is 31.3. The molecule has 5 heterocycles. The van der Waals surface area contributed by atoms with Crippen molar-refractivity contribution in [2.75, 3.05) is 28.4 Å². The van der Waals surface area contributed by atoms with Crippen LogP contribution in [0.3, 0.4) is 0 Å². The molecule has 6 aliphatic rings. The largest absolute Gasteiger partial charge is 0.497 e. The number of allylic oxidation sites excluding steroid dienone is 16. The first-order valence-electron chi connectivity index (χ1n) is 20.2. The lowest BCUT2D eigenvalue weighted by Crippen LogP contribution is -2.09. The molecule has 0 saturated carbocycles. The summed E-state index contributed by atoms with van der Waals surface area (Å²) in [5.74, 6) is 8.00. The summed E-state index contributed by atoms with van der Waals surface area (Å²) in [6.45, 7) is 0. The number of rotatable bonds is 8. The lowest BCUT2D eigenvalue weighted by molar-refractivity contribution is 0.305. The molecule has 8 bridgehead atoms. The van der Waals surface area contributed by atoms with Crippen LogP contribution in [-0.2, 0) is 38.1 Å². The SMILES string of the molecule is COC1=CC(=C=O)C(c2c3nc(c(C4C=CC(OC)=CC4=C=O)c4ccc([nH]4)c(C4C=CC(OC)=CC4=C=O)c4ccc([nH]4)c(C4C=CC(OC)=CC4=C=O)c4nc2C=C4)C=C3)C=C1. The summed E-state index contributed by atoms with van der Waals surface area (Å²) in [7, 11) is 6.12. The summed E-state index contributed by atoms with van der Waals surface area (Å²) < 4.78 is 22.0. The van der Waals surface area contributed by atoms with Crippen LogP contribution in [0, 0.1) is 0 Å². The van der Waals surface area contributed by atoms with Crippen LogP contribution in [-0.4, -0.2) is 72.1 Å². The Kier molecular flexibility index (Phi) is 10.9. The number of hydrogen-bond donors (Lipinski definition) is 2. The van der Waals surface area contributed by atoms with Crippen LogP contribution in [0.5, 0.6) is 0 Å². The van der Waals surface area contributed by atoms with Crippen molar-refractivity contribution in [3.8, 4) is 0 Å². The zero-order valence-corrected chi connectivity index (χ0v) is 35.0. The van der Waals surface area contributed by atoms with E-state index in [0.29, 0.717) is 112 Å². The van der Waals surface area contributed by atoms with Crippen molar-refractivity contribution >= 4 is 70.1 Å². The van der Waals surface area contributed by atoms with E-state index in [-0.39, 0.29) is 0 Å². The fraction of sp³-hybridized carbons (Fsp3) is 0.154. The number of methoxy groups -OCH3 is 4. The van der Waals surface area contributed by atoms with Crippen LogP contribution in [0.1, 0.15) is 68.7 Å². The van der Waals surface area contributed by atoms with Gasteiger partial charge in [-0.1, -0.05) is 24.3 Å². The molecule has 64 heavy (non-hydrogen) atoms. The Bertz CT molecular complexity index is 3100. The summed E-state index contributed by atoms with van der Waals surface area (Å²) in [5, 5.41) is 0. The minimum Gasteiger partial charge on any atom is -0.497 e. The number of H-pyrrole nitrogens is 2. The third-order valence-electron chi connectivity index (χ3n) is 11.9. The number of ether oxygens (including phenoxy) is 4. The van der Waals surface area contributed by atoms with Gasteiger partial charge < -0.3 is 28.9 Å². The Balaban J connectivity index is 1.44. The van der Waals surface area contributed by atoms with Crippen molar-refractivity contribution in [2.24, 2.45) is 0 Å². The van der Waals surface area contributed by atoms with Crippen molar-refractivity contribution in [1.82, 2.24) is 19.9 Å². The summed E-state index contributed by atoms with van der Waals surface area (Å²) in [4.78, 5) is 68.7. The van der Waals surface area contributed by atoms with E-state index in [4.69, 9.17) is 28.9 Å². The molecule has 4 unspecified atom stereocenters. The minimum absolute atomic E-state index is 0.308. The van der Waals surface area contributed by atoms with Crippen LogP contribution in [0.25, 0.3) is 46.4 Å². The molecule has 0 amide bonds. The molecule has 2 aliphatic heterocycles. The van der Waals surface area contributed by atoms with Gasteiger partial charge in [-0.05, 0) is 97.2 Å². The van der Waals surface area contributed by atoms with Crippen LogP contribution in [0.2, 0.25) is 0 Å². The summed E-state index contributed by atoms with van der Waals surface area (Å²) >= 11 is 0. The molecular weight excluding hydrogens is 809 g/mol. The number of nitrogens with zero attached hydrogens (tertiary/aromatic N) is 2. The number of hydrogen-bond acceptors (Lipinski definition) is 10. The monoisotopic (exact) mass is 846 g/mol.